The Morgan fingerprint density at radius 3 is 2.70 bits per heavy atom. The number of hydrogen-bond donors (Lipinski definition) is 2. The number of thioether (sulfide) groups is 1. The molecule has 1 unspecified atom stereocenters. The fourth-order valence-electron chi connectivity index (χ4n) is 5.70. The van der Waals surface area contributed by atoms with Crippen LogP contribution in [0.5, 0.6) is 5.75 Å². The van der Waals surface area contributed by atoms with Crippen molar-refractivity contribution in [3.05, 3.63) is 77.1 Å². The molecule has 0 saturated heterocycles. The fourth-order valence-corrected chi connectivity index (χ4v) is 6.79. The van der Waals surface area contributed by atoms with Gasteiger partial charge in [0.15, 0.2) is 0 Å². The molecule has 3 aromatic rings. The Morgan fingerprint density at radius 2 is 1.93 bits per heavy atom. The molecule has 2 aromatic carbocycles. The van der Waals surface area contributed by atoms with Gasteiger partial charge in [0.05, 0.1) is 31.0 Å². The largest absolute Gasteiger partial charge is 0.490 e. The number of aromatic nitrogens is 1. The van der Waals surface area contributed by atoms with Gasteiger partial charge in [-0.1, -0.05) is 36.7 Å². The summed E-state index contributed by atoms with van der Waals surface area (Å²) in [5.74, 6) is 1.93. The van der Waals surface area contributed by atoms with Crippen molar-refractivity contribution in [1.82, 2.24) is 9.88 Å². The zero-order valence-electron chi connectivity index (χ0n) is 26.8. The molecule has 0 aliphatic heterocycles. The maximum atomic E-state index is 12.9. The summed E-state index contributed by atoms with van der Waals surface area (Å²) in [5, 5.41) is 19.2. The molecule has 2 N–H and O–H groups in total. The highest BCUT2D eigenvalue weighted by molar-refractivity contribution is 7.99. The lowest BCUT2D eigenvalue weighted by atomic mass is 9.96. The highest BCUT2D eigenvalue weighted by atomic mass is 35.5. The average Bonchev–Trinajstić information content (AvgIpc) is 4.02. The van der Waals surface area contributed by atoms with E-state index >= 15 is 0 Å². The summed E-state index contributed by atoms with van der Waals surface area (Å²) in [7, 11) is 0. The van der Waals surface area contributed by atoms with Gasteiger partial charge in [-0.2, -0.15) is 0 Å². The number of aliphatic hydroxyl groups excluding tert-OH is 2. The number of para-hydroxylation sites is 1. The predicted octanol–water partition coefficient (Wildman–Crippen LogP) is 7.78. The maximum Gasteiger partial charge on any atom is 0.222 e. The second-order valence-corrected chi connectivity index (χ2v) is 14.0. The summed E-state index contributed by atoms with van der Waals surface area (Å²) in [6, 6.07) is 16.4. The molecule has 2 fully saturated rings. The molecule has 1 atom stereocenters. The molecule has 248 valence electrons. The number of pyridine rings is 1. The lowest BCUT2D eigenvalue weighted by molar-refractivity contribution is -0.131. The minimum Gasteiger partial charge on any atom is -0.490 e. The third-order valence-corrected chi connectivity index (χ3v) is 10.1. The van der Waals surface area contributed by atoms with Gasteiger partial charge in [-0.3, -0.25) is 9.78 Å². The number of nitrogens with zero attached hydrogens (tertiary/aromatic N) is 2. The van der Waals surface area contributed by atoms with Gasteiger partial charge >= 0.3 is 0 Å². The summed E-state index contributed by atoms with van der Waals surface area (Å²) in [5.41, 5.74) is 3.83. The predicted molar refractivity (Wildman–Crippen MR) is 184 cm³/mol. The van der Waals surface area contributed by atoms with E-state index in [-0.39, 0.29) is 12.5 Å². The second kappa shape index (κ2) is 17.0. The third-order valence-electron chi connectivity index (χ3n) is 8.61. The van der Waals surface area contributed by atoms with Gasteiger partial charge in [-0.15, -0.1) is 11.8 Å². The van der Waals surface area contributed by atoms with Gasteiger partial charge in [0, 0.05) is 52.9 Å². The summed E-state index contributed by atoms with van der Waals surface area (Å²) in [4.78, 5) is 20.4. The van der Waals surface area contributed by atoms with Crippen molar-refractivity contribution in [2.24, 2.45) is 0 Å². The Bertz CT molecular complexity index is 1430. The molecule has 46 heavy (non-hydrogen) atoms. The Balaban J connectivity index is 1.14. The second-order valence-electron chi connectivity index (χ2n) is 12.4. The average molecular weight is 667 g/mol. The number of unbranched alkanes of at least 4 members (excludes halogenated alkanes) is 1. The number of rotatable bonds is 20. The number of aliphatic hydroxyl groups is 2. The molecule has 0 spiro atoms. The van der Waals surface area contributed by atoms with Crippen LogP contribution in [0.25, 0.3) is 11.1 Å². The third kappa shape index (κ3) is 9.71. The minimum atomic E-state index is -0.670. The quantitative estimate of drug-likeness (QED) is 0.0940. The molecule has 1 amide bonds. The number of ether oxygens (including phenoxy) is 2. The molecule has 0 radical (unpaired) electrons. The van der Waals surface area contributed by atoms with E-state index in [2.05, 4.69) is 36.2 Å². The fraction of sp³-hybridized carbons (Fsp3) is 0.514. The van der Waals surface area contributed by atoms with E-state index in [1.54, 1.807) is 11.8 Å². The molecular weight excluding hydrogens is 620 g/mol. The van der Waals surface area contributed by atoms with Crippen LogP contribution in [0.1, 0.15) is 82.3 Å². The SMILES string of the molecule is CCCN(CCCCC(O)CO)C(=O)CCCSc1ccc(Cl)c(COC2(c3cnccc3-c3ccccc3OC3CC3)CC2)c1. The lowest BCUT2D eigenvalue weighted by Crippen LogP contribution is -2.32. The number of hydrogen-bond acceptors (Lipinski definition) is 7. The van der Waals surface area contributed by atoms with Crippen LogP contribution in [0.3, 0.4) is 0 Å². The number of halogens is 1. The van der Waals surface area contributed by atoms with Crippen molar-refractivity contribution in [2.75, 3.05) is 25.4 Å². The number of carbonyl (C=O) groups excluding carboxylic acids is 1. The molecule has 1 heterocycles. The van der Waals surface area contributed by atoms with Gasteiger partial charge in [0.2, 0.25) is 5.91 Å². The molecule has 0 bridgehead atoms. The summed E-state index contributed by atoms with van der Waals surface area (Å²) in [6.07, 6.45) is 11.9. The van der Waals surface area contributed by atoms with Crippen LogP contribution >= 0.6 is 23.4 Å². The van der Waals surface area contributed by atoms with Crippen LogP contribution in [0.4, 0.5) is 0 Å². The number of amides is 1. The van der Waals surface area contributed by atoms with Crippen LogP contribution in [0, 0.1) is 0 Å². The van der Waals surface area contributed by atoms with Crippen LogP contribution in [0.2, 0.25) is 5.02 Å². The minimum absolute atomic E-state index is 0.182. The highest BCUT2D eigenvalue weighted by Gasteiger charge is 2.47. The first-order valence-corrected chi connectivity index (χ1v) is 18.1. The van der Waals surface area contributed by atoms with E-state index in [0.717, 1.165) is 96.6 Å². The smallest absolute Gasteiger partial charge is 0.222 e. The molecule has 5 rings (SSSR count). The first kappa shape index (κ1) is 34.7. The van der Waals surface area contributed by atoms with Crippen LogP contribution in [0.15, 0.2) is 65.8 Å². The van der Waals surface area contributed by atoms with Crippen molar-refractivity contribution in [1.29, 1.82) is 0 Å². The van der Waals surface area contributed by atoms with Gasteiger partial charge in [-0.25, -0.2) is 0 Å². The van der Waals surface area contributed by atoms with Gasteiger partial charge < -0.3 is 24.6 Å². The van der Waals surface area contributed by atoms with Crippen molar-refractivity contribution in [3.63, 3.8) is 0 Å². The van der Waals surface area contributed by atoms with E-state index in [0.29, 0.717) is 37.1 Å². The molecular formula is C37H47ClN2O5S. The highest BCUT2D eigenvalue weighted by Crippen LogP contribution is 2.53. The zero-order chi connectivity index (χ0) is 32.4. The Labute approximate surface area is 282 Å². The Kier molecular flexibility index (Phi) is 12.8. The van der Waals surface area contributed by atoms with E-state index in [1.807, 2.05) is 41.6 Å². The summed E-state index contributed by atoms with van der Waals surface area (Å²) in [6.45, 7) is 3.72. The van der Waals surface area contributed by atoms with Crippen LogP contribution < -0.4 is 4.74 Å². The lowest BCUT2D eigenvalue weighted by Gasteiger charge is -2.22. The normalized spacial score (nSPS) is 15.8. The standard InChI is InChI=1S/C37H47ClN2O5S/c1-2-20-40(21-6-5-8-28(42)25-41)36(43)11-7-22-46-30-14-15-34(38)27(23-30)26-44-37(17-18-37)33-24-39-19-16-31(33)32-9-3-4-10-35(32)45-29-12-13-29/h3-4,9-10,14-16,19,23-24,28-29,41-42H,2,5-8,11-13,17-18,20-22,25-26H2,1H3. The summed E-state index contributed by atoms with van der Waals surface area (Å²) < 4.78 is 12.9. The number of carbonyl (C=O) groups is 1. The van der Waals surface area contributed by atoms with Gasteiger partial charge in [-0.05, 0) is 105 Å². The Morgan fingerprint density at radius 1 is 1.11 bits per heavy atom. The van der Waals surface area contributed by atoms with E-state index < -0.39 is 11.7 Å². The van der Waals surface area contributed by atoms with E-state index in [9.17, 15) is 9.90 Å². The number of benzene rings is 2. The molecule has 1 aromatic heterocycles. The molecule has 2 aliphatic carbocycles. The first-order chi connectivity index (χ1) is 22.4. The monoisotopic (exact) mass is 666 g/mol. The molecule has 2 aliphatic rings. The topological polar surface area (TPSA) is 92.1 Å². The summed E-state index contributed by atoms with van der Waals surface area (Å²) >= 11 is 8.38. The molecule has 2 saturated carbocycles. The molecule has 7 nitrogen and oxygen atoms in total. The molecule has 9 heteroatoms. The van der Waals surface area contributed by atoms with E-state index in [4.69, 9.17) is 26.2 Å². The van der Waals surface area contributed by atoms with Crippen molar-refractivity contribution >= 4 is 29.3 Å². The van der Waals surface area contributed by atoms with Crippen LogP contribution in [-0.4, -0.2) is 63.7 Å². The van der Waals surface area contributed by atoms with Crippen LogP contribution in [-0.2, 0) is 21.7 Å². The van der Waals surface area contributed by atoms with Crippen molar-refractivity contribution in [2.45, 2.75) is 100 Å². The first-order valence-electron chi connectivity index (χ1n) is 16.7. The van der Waals surface area contributed by atoms with Gasteiger partial charge in [0.1, 0.15) is 5.75 Å². The zero-order valence-corrected chi connectivity index (χ0v) is 28.4. The van der Waals surface area contributed by atoms with Crippen molar-refractivity contribution in [3.8, 4) is 16.9 Å². The maximum absolute atomic E-state index is 12.9. The van der Waals surface area contributed by atoms with E-state index in [1.165, 1.54) is 0 Å². The van der Waals surface area contributed by atoms with Gasteiger partial charge in [0.25, 0.3) is 0 Å². The van der Waals surface area contributed by atoms with Crippen molar-refractivity contribution < 1.29 is 24.5 Å². The Hall–Kier alpha value is -2.62.